The Kier molecular flexibility index (Phi) is 4.70. The molecular weight excluding hydrogens is 387 g/mol. The van der Waals surface area contributed by atoms with E-state index in [1.165, 1.54) is 11.0 Å². The highest BCUT2D eigenvalue weighted by Gasteiger charge is 2.48. The van der Waals surface area contributed by atoms with Gasteiger partial charge in [0, 0.05) is 18.5 Å². The van der Waals surface area contributed by atoms with Crippen molar-refractivity contribution < 1.29 is 36.2 Å². The Balaban J connectivity index is 2.10. The van der Waals surface area contributed by atoms with Crippen molar-refractivity contribution >= 4 is 15.7 Å². The molecule has 1 aromatic carbocycles. The van der Waals surface area contributed by atoms with Crippen molar-refractivity contribution in [3.05, 3.63) is 23.8 Å². The van der Waals surface area contributed by atoms with Crippen LogP contribution in [-0.4, -0.2) is 54.5 Å². The van der Waals surface area contributed by atoms with Gasteiger partial charge >= 0.3 is 6.18 Å². The first-order valence-electron chi connectivity index (χ1n) is 8.42. The van der Waals surface area contributed by atoms with E-state index >= 15 is 0 Å². The number of rotatable bonds is 3. The van der Waals surface area contributed by atoms with Crippen LogP contribution in [0.3, 0.4) is 0 Å². The number of benzene rings is 1. The van der Waals surface area contributed by atoms with Gasteiger partial charge in [0.25, 0.3) is 0 Å². The molecule has 27 heavy (non-hydrogen) atoms. The molecule has 2 heterocycles. The van der Waals surface area contributed by atoms with E-state index in [9.17, 15) is 31.5 Å². The number of amides is 1. The molecule has 1 saturated heterocycles. The van der Waals surface area contributed by atoms with Crippen LogP contribution < -0.4 is 4.74 Å². The quantitative estimate of drug-likeness (QED) is 0.831. The minimum absolute atomic E-state index is 0.195. The summed E-state index contributed by atoms with van der Waals surface area (Å²) in [6.07, 6.45) is -5.17. The van der Waals surface area contributed by atoms with E-state index in [0.717, 1.165) is 12.1 Å². The maximum Gasteiger partial charge on any atom is 0.403 e. The molecule has 0 spiro atoms. The van der Waals surface area contributed by atoms with Gasteiger partial charge in [-0.2, -0.15) is 13.2 Å². The van der Waals surface area contributed by atoms with Gasteiger partial charge in [0.1, 0.15) is 17.5 Å². The number of likely N-dealkylation sites (tertiary alicyclic amines) is 1. The number of alkyl halides is 3. The lowest BCUT2D eigenvalue weighted by Crippen LogP contribution is -2.53. The number of carbonyl (C=O) groups is 1. The van der Waals surface area contributed by atoms with E-state index in [0.29, 0.717) is 19.4 Å². The summed E-state index contributed by atoms with van der Waals surface area (Å²) in [6, 6.07) is 2.52. The molecule has 3 rings (SSSR count). The molecule has 0 aromatic heterocycles. The lowest BCUT2D eigenvalue weighted by molar-refractivity contribution is -0.139. The third-order valence-corrected chi connectivity index (χ3v) is 6.52. The third-order valence-electron chi connectivity index (χ3n) is 4.84. The number of hydrogen-bond donors (Lipinski definition) is 1. The van der Waals surface area contributed by atoms with E-state index in [4.69, 9.17) is 4.74 Å². The smallest absolute Gasteiger partial charge is 0.403 e. The zero-order valence-corrected chi connectivity index (χ0v) is 15.6. The molecule has 6 nitrogen and oxygen atoms in total. The van der Waals surface area contributed by atoms with Crippen LogP contribution in [0.4, 0.5) is 13.2 Å². The van der Waals surface area contributed by atoms with E-state index < -0.39 is 44.4 Å². The number of aliphatic hydroxyl groups excluding tert-OH is 1. The molecule has 1 aromatic rings. The number of sulfone groups is 1. The van der Waals surface area contributed by atoms with Crippen LogP contribution in [0, 0.1) is 0 Å². The standard InChI is InChI=1S/C17H20F3NO5S/c1-16(2)15(23)14(21-7-3-4-13(21)22)11-8-10(5-6-12(11)26-16)27(24,25)9-17(18,19)20/h5-6,8,14-15,23H,3-4,7,9H2,1-2H3/t14-,15+/m0/s1. The SMILES string of the molecule is CC1(C)Oc2ccc(S(=O)(=O)CC(F)(F)F)cc2[C@H](N2CCCC2=O)[C@H]1O. The summed E-state index contributed by atoms with van der Waals surface area (Å²) in [5.41, 5.74) is -0.868. The number of hydrogen-bond acceptors (Lipinski definition) is 5. The molecule has 10 heteroatoms. The van der Waals surface area contributed by atoms with Crippen LogP contribution in [0.15, 0.2) is 23.1 Å². The van der Waals surface area contributed by atoms with Crippen LogP contribution >= 0.6 is 0 Å². The average Bonchev–Trinajstić information content (AvgIpc) is 2.91. The van der Waals surface area contributed by atoms with Crippen molar-refractivity contribution in [2.45, 2.75) is 55.5 Å². The van der Waals surface area contributed by atoms with Crippen molar-refractivity contribution in [2.75, 3.05) is 12.3 Å². The first-order valence-corrected chi connectivity index (χ1v) is 10.1. The lowest BCUT2D eigenvalue weighted by Gasteiger charge is -2.45. The molecule has 1 N–H and O–H groups in total. The van der Waals surface area contributed by atoms with Gasteiger partial charge in [-0.3, -0.25) is 4.79 Å². The molecular formula is C17H20F3NO5S. The van der Waals surface area contributed by atoms with Gasteiger partial charge in [0.2, 0.25) is 5.91 Å². The molecule has 2 aliphatic heterocycles. The third kappa shape index (κ3) is 3.77. The predicted octanol–water partition coefficient (Wildman–Crippen LogP) is 2.22. The normalized spacial score (nSPS) is 25.3. The highest BCUT2D eigenvalue weighted by molar-refractivity contribution is 7.91. The molecule has 2 atom stereocenters. The molecule has 0 unspecified atom stereocenters. The summed E-state index contributed by atoms with van der Waals surface area (Å²) in [6.45, 7) is 3.63. The van der Waals surface area contributed by atoms with Crippen LogP contribution in [-0.2, 0) is 14.6 Å². The van der Waals surface area contributed by atoms with E-state index in [2.05, 4.69) is 0 Å². The van der Waals surface area contributed by atoms with Gasteiger partial charge in [0.05, 0.1) is 10.9 Å². The molecule has 1 amide bonds. The van der Waals surface area contributed by atoms with Crippen molar-refractivity contribution in [1.82, 2.24) is 4.90 Å². The van der Waals surface area contributed by atoms with Gasteiger partial charge in [-0.15, -0.1) is 0 Å². The molecule has 0 saturated carbocycles. The largest absolute Gasteiger partial charge is 0.485 e. The van der Waals surface area contributed by atoms with E-state index in [1.54, 1.807) is 13.8 Å². The summed E-state index contributed by atoms with van der Waals surface area (Å²) < 4.78 is 67.8. The Bertz CT molecular complexity index is 866. The van der Waals surface area contributed by atoms with Gasteiger partial charge in [-0.25, -0.2) is 8.42 Å². The van der Waals surface area contributed by atoms with E-state index in [-0.39, 0.29) is 17.2 Å². The Morgan fingerprint density at radius 3 is 2.56 bits per heavy atom. The molecule has 150 valence electrons. The molecule has 2 aliphatic rings. The van der Waals surface area contributed by atoms with Crippen molar-refractivity contribution in [1.29, 1.82) is 0 Å². The Morgan fingerprint density at radius 1 is 1.33 bits per heavy atom. The zero-order chi connectivity index (χ0) is 20.2. The topological polar surface area (TPSA) is 83.9 Å². The highest BCUT2D eigenvalue weighted by Crippen LogP contribution is 2.45. The summed E-state index contributed by atoms with van der Waals surface area (Å²) in [7, 11) is -4.62. The summed E-state index contributed by atoms with van der Waals surface area (Å²) in [4.78, 5) is 13.1. The van der Waals surface area contributed by atoms with Crippen LogP contribution in [0.1, 0.15) is 38.3 Å². The van der Waals surface area contributed by atoms with Crippen molar-refractivity contribution in [3.8, 4) is 5.75 Å². The first-order chi connectivity index (χ1) is 12.3. The number of ether oxygens (including phenoxy) is 1. The monoisotopic (exact) mass is 407 g/mol. The number of nitrogens with zero attached hydrogens (tertiary/aromatic N) is 1. The zero-order valence-electron chi connectivity index (χ0n) is 14.8. The fourth-order valence-corrected chi connectivity index (χ4v) is 4.72. The highest BCUT2D eigenvalue weighted by atomic mass is 32.2. The second-order valence-electron chi connectivity index (χ2n) is 7.36. The second-order valence-corrected chi connectivity index (χ2v) is 9.35. The maximum atomic E-state index is 12.6. The minimum atomic E-state index is -4.88. The maximum absolute atomic E-state index is 12.6. The Morgan fingerprint density at radius 2 is 2.00 bits per heavy atom. The Hall–Kier alpha value is -1.81. The van der Waals surface area contributed by atoms with Crippen LogP contribution in [0.25, 0.3) is 0 Å². The van der Waals surface area contributed by atoms with Gasteiger partial charge in [-0.05, 0) is 38.5 Å². The first kappa shape index (κ1) is 19.9. The summed E-state index contributed by atoms with van der Waals surface area (Å²) in [5, 5.41) is 10.8. The minimum Gasteiger partial charge on any atom is -0.485 e. The number of fused-ring (bicyclic) bond motifs is 1. The van der Waals surface area contributed by atoms with Crippen molar-refractivity contribution in [3.63, 3.8) is 0 Å². The molecule has 1 fully saturated rings. The van der Waals surface area contributed by atoms with Gasteiger partial charge < -0.3 is 14.7 Å². The van der Waals surface area contributed by atoms with Gasteiger partial charge in [0.15, 0.2) is 15.6 Å². The molecule has 0 aliphatic carbocycles. The van der Waals surface area contributed by atoms with Crippen molar-refractivity contribution in [2.24, 2.45) is 0 Å². The van der Waals surface area contributed by atoms with Gasteiger partial charge in [-0.1, -0.05) is 0 Å². The lowest BCUT2D eigenvalue weighted by atomic mass is 9.85. The van der Waals surface area contributed by atoms with Crippen LogP contribution in [0.5, 0.6) is 5.75 Å². The fourth-order valence-electron chi connectivity index (χ4n) is 3.54. The molecule has 0 radical (unpaired) electrons. The average molecular weight is 407 g/mol. The number of aliphatic hydroxyl groups is 1. The Labute approximate surface area is 154 Å². The predicted molar refractivity (Wildman–Crippen MR) is 89.0 cm³/mol. The summed E-state index contributed by atoms with van der Waals surface area (Å²) >= 11 is 0. The number of carbonyl (C=O) groups excluding carboxylic acids is 1. The van der Waals surface area contributed by atoms with E-state index in [1.807, 2.05) is 0 Å². The summed E-state index contributed by atoms with van der Waals surface area (Å²) in [5.74, 6) is -1.95. The molecule has 0 bridgehead atoms. The van der Waals surface area contributed by atoms with Crippen LogP contribution in [0.2, 0.25) is 0 Å². The fraction of sp³-hybridized carbons (Fsp3) is 0.588. The number of halogens is 3. The second kappa shape index (κ2) is 6.37.